The summed E-state index contributed by atoms with van der Waals surface area (Å²) in [5, 5.41) is 39.6. The van der Waals surface area contributed by atoms with Gasteiger partial charge in [0, 0.05) is 12.3 Å². The molecule has 0 amide bonds. The standard InChI is InChI=1S/C29H40O8/c1-4-25(36-23-10-5-17(2)6-11-23)29(35)37-26-15-21(31)13-19-8-7-18(3)24(28(19)26)12-9-20(30)14-22(32)16-27(33)34/h5-8,10-11,13,18,20-22,24-26,28,30-32H,4,9,12,14-16H2,1-3H3,(H,33,34)/t18-,20+,21-,22-,24-,25?,26+,28+/m0/s1. The minimum absolute atomic E-state index is 0.0116. The highest BCUT2D eigenvalue weighted by Gasteiger charge is 2.42. The molecular formula is C29H40O8. The van der Waals surface area contributed by atoms with Crippen molar-refractivity contribution in [3.05, 3.63) is 53.6 Å². The Morgan fingerprint density at radius 1 is 1.14 bits per heavy atom. The van der Waals surface area contributed by atoms with Crippen LogP contribution < -0.4 is 4.74 Å². The summed E-state index contributed by atoms with van der Waals surface area (Å²) >= 11 is 0. The van der Waals surface area contributed by atoms with E-state index in [-0.39, 0.29) is 30.6 Å². The van der Waals surface area contributed by atoms with Crippen LogP contribution in [0, 0.1) is 24.7 Å². The third kappa shape index (κ3) is 8.15. The molecule has 0 saturated heterocycles. The molecule has 0 radical (unpaired) electrons. The number of ether oxygens (including phenoxy) is 2. The van der Waals surface area contributed by atoms with Gasteiger partial charge >= 0.3 is 11.9 Å². The van der Waals surface area contributed by atoms with Crippen LogP contribution >= 0.6 is 0 Å². The Morgan fingerprint density at radius 3 is 2.49 bits per heavy atom. The SMILES string of the molecule is CCC(Oc1ccc(C)cc1)C(=O)O[C@@H]1C[C@@H](O)C=C2C=C[C@H](C)[C@H](CC[C@@H](O)C[C@H](O)CC(=O)O)[C@@H]21. The maximum atomic E-state index is 13.2. The highest BCUT2D eigenvalue weighted by atomic mass is 16.6. The van der Waals surface area contributed by atoms with Gasteiger partial charge in [0.15, 0.2) is 6.10 Å². The van der Waals surface area contributed by atoms with Crippen molar-refractivity contribution in [3.63, 3.8) is 0 Å². The van der Waals surface area contributed by atoms with Crippen molar-refractivity contribution >= 4 is 11.9 Å². The zero-order chi connectivity index (χ0) is 27.1. The van der Waals surface area contributed by atoms with Crippen LogP contribution in [0.2, 0.25) is 0 Å². The summed E-state index contributed by atoms with van der Waals surface area (Å²) in [5.74, 6) is -0.973. The molecule has 0 saturated carbocycles. The first kappa shape index (κ1) is 28.9. The van der Waals surface area contributed by atoms with E-state index in [2.05, 4.69) is 13.0 Å². The van der Waals surface area contributed by atoms with Crippen molar-refractivity contribution in [2.24, 2.45) is 17.8 Å². The van der Waals surface area contributed by atoms with Crippen LogP contribution in [0.15, 0.2) is 48.1 Å². The molecule has 0 aromatic heterocycles. The fourth-order valence-corrected chi connectivity index (χ4v) is 5.39. The van der Waals surface area contributed by atoms with Gasteiger partial charge in [-0.3, -0.25) is 4.79 Å². The Morgan fingerprint density at radius 2 is 1.84 bits per heavy atom. The van der Waals surface area contributed by atoms with E-state index >= 15 is 0 Å². The number of aryl methyl sites for hydroxylation is 1. The fraction of sp³-hybridized carbons (Fsp3) is 0.586. The van der Waals surface area contributed by atoms with E-state index in [0.29, 0.717) is 25.0 Å². The topological polar surface area (TPSA) is 134 Å². The van der Waals surface area contributed by atoms with Crippen molar-refractivity contribution in [2.45, 2.75) is 89.8 Å². The number of rotatable bonds is 12. The molecule has 0 bridgehead atoms. The molecule has 8 heteroatoms. The van der Waals surface area contributed by atoms with Crippen LogP contribution in [0.25, 0.3) is 0 Å². The maximum absolute atomic E-state index is 13.2. The lowest BCUT2D eigenvalue weighted by Crippen LogP contribution is -2.44. The van der Waals surface area contributed by atoms with E-state index in [1.54, 1.807) is 6.08 Å². The van der Waals surface area contributed by atoms with Crippen LogP contribution in [-0.4, -0.2) is 62.9 Å². The lowest BCUT2D eigenvalue weighted by Gasteiger charge is -2.43. The van der Waals surface area contributed by atoms with E-state index in [0.717, 1.165) is 11.1 Å². The molecule has 3 rings (SSSR count). The molecule has 8 atom stereocenters. The van der Waals surface area contributed by atoms with Crippen LogP contribution in [0.1, 0.15) is 57.9 Å². The zero-order valence-corrected chi connectivity index (χ0v) is 21.8. The number of benzene rings is 1. The molecule has 0 fully saturated rings. The number of carbonyl (C=O) groups is 2. The molecule has 1 unspecified atom stereocenters. The number of carboxylic acids is 1. The Kier molecular flexibility index (Phi) is 10.3. The molecule has 0 heterocycles. The number of hydrogen-bond donors (Lipinski definition) is 4. The maximum Gasteiger partial charge on any atom is 0.347 e. The molecule has 1 aromatic carbocycles. The average molecular weight is 517 g/mol. The molecule has 37 heavy (non-hydrogen) atoms. The molecule has 2 aliphatic carbocycles. The van der Waals surface area contributed by atoms with Crippen molar-refractivity contribution in [1.82, 2.24) is 0 Å². The third-order valence-corrected chi connectivity index (χ3v) is 7.36. The number of aliphatic hydroxyl groups excluding tert-OH is 3. The normalized spacial score (nSPS) is 27.4. The summed E-state index contributed by atoms with van der Waals surface area (Å²) in [6.07, 6.45) is 3.08. The highest BCUT2D eigenvalue weighted by Crippen LogP contribution is 2.44. The Hall–Kier alpha value is -2.68. The lowest BCUT2D eigenvalue weighted by atomic mass is 9.66. The summed E-state index contributed by atoms with van der Waals surface area (Å²) < 4.78 is 11.9. The number of carboxylic acid groups (broad SMARTS) is 1. The summed E-state index contributed by atoms with van der Waals surface area (Å²) in [4.78, 5) is 24.0. The van der Waals surface area contributed by atoms with Gasteiger partial charge in [0.05, 0.1) is 24.7 Å². The van der Waals surface area contributed by atoms with Gasteiger partial charge in [-0.2, -0.15) is 0 Å². The second-order valence-electron chi connectivity index (χ2n) is 10.4. The van der Waals surface area contributed by atoms with E-state index in [1.165, 1.54) is 0 Å². The van der Waals surface area contributed by atoms with Gasteiger partial charge in [0.2, 0.25) is 0 Å². The second-order valence-corrected chi connectivity index (χ2v) is 10.4. The number of fused-ring (bicyclic) bond motifs is 1. The van der Waals surface area contributed by atoms with Crippen LogP contribution in [0.4, 0.5) is 0 Å². The monoisotopic (exact) mass is 516 g/mol. The quantitative estimate of drug-likeness (QED) is 0.310. The van der Waals surface area contributed by atoms with Gasteiger partial charge in [-0.15, -0.1) is 0 Å². The number of esters is 1. The Bertz CT molecular complexity index is 969. The van der Waals surface area contributed by atoms with Crippen LogP contribution in [-0.2, 0) is 14.3 Å². The summed E-state index contributed by atoms with van der Waals surface area (Å²) in [5.41, 5.74) is 2.00. The first-order valence-corrected chi connectivity index (χ1v) is 13.2. The van der Waals surface area contributed by atoms with Gasteiger partial charge in [-0.25, -0.2) is 4.79 Å². The third-order valence-electron chi connectivity index (χ3n) is 7.36. The average Bonchev–Trinajstić information content (AvgIpc) is 2.82. The van der Waals surface area contributed by atoms with Gasteiger partial charge < -0.3 is 29.9 Å². The largest absolute Gasteiger partial charge is 0.481 e. The highest BCUT2D eigenvalue weighted by molar-refractivity contribution is 5.75. The molecular weight excluding hydrogens is 476 g/mol. The van der Waals surface area contributed by atoms with Gasteiger partial charge in [-0.1, -0.05) is 49.8 Å². The number of aliphatic hydroxyl groups is 3. The van der Waals surface area contributed by atoms with Gasteiger partial charge in [-0.05, 0) is 62.1 Å². The van der Waals surface area contributed by atoms with E-state index < -0.39 is 48.9 Å². The number of carbonyl (C=O) groups excluding carboxylic acids is 1. The fourth-order valence-electron chi connectivity index (χ4n) is 5.39. The van der Waals surface area contributed by atoms with Crippen molar-refractivity contribution < 1.29 is 39.5 Å². The first-order valence-electron chi connectivity index (χ1n) is 13.2. The molecule has 0 spiro atoms. The van der Waals surface area contributed by atoms with E-state index in [4.69, 9.17) is 14.6 Å². The molecule has 8 nitrogen and oxygen atoms in total. The van der Waals surface area contributed by atoms with Crippen molar-refractivity contribution in [2.75, 3.05) is 0 Å². The molecule has 4 N–H and O–H groups in total. The smallest absolute Gasteiger partial charge is 0.347 e. The van der Waals surface area contributed by atoms with Gasteiger partial charge in [0.1, 0.15) is 11.9 Å². The summed E-state index contributed by atoms with van der Waals surface area (Å²) in [6.45, 7) is 5.90. The molecule has 1 aromatic rings. The number of aliphatic carboxylic acids is 1. The Labute approximate surface area is 218 Å². The molecule has 204 valence electrons. The van der Waals surface area contributed by atoms with Crippen LogP contribution in [0.3, 0.4) is 0 Å². The number of allylic oxidation sites excluding steroid dienone is 2. The van der Waals surface area contributed by atoms with Gasteiger partial charge in [0.25, 0.3) is 0 Å². The molecule has 0 aliphatic heterocycles. The number of hydrogen-bond acceptors (Lipinski definition) is 7. The van der Waals surface area contributed by atoms with Crippen molar-refractivity contribution in [1.29, 1.82) is 0 Å². The second kappa shape index (κ2) is 13.2. The summed E-state index contributed by atoms with van der Waals surface area (Å²) in [6, 6.07) is 7.46. The van der Waals surface area contributed by atoms with E-state index in [1.807, 2.05) is 44.2 Å². The minimum atomic E-state index is -1.11. The summed E-state index contributed by atoms with van der Waals surface area (Å²) in [7, 11) is 0. The molecule has 2 aliphatic rings. The van der Waals surface area contributed by atoms with Crippen molar-refractivity contribution in [3.8, 4) is 5.75 Å². The zero-order valence-electron chi connectivity index (χ0n) is 21.8. The van der Waals surface area contributed by atoms with E-state index in [9.17, 15) is 24.9 Å². The lowest BCUT2D eigenvalue weighted by molar-refractivity contribution is -0.163. The predicted octanol–water partition coefficient (Wildman–Crippen LogP) is 3.56. The Balaban J connectivity index is 1.70. The van der Waals surface area contributed by atoms with Crippen LogP contribution in [0.5, 0.6) is 5.75 Å². The first-order chi connectivity index (χ1) is 17.6. The minimum Gasteiger partial charge on any atom is -0.481 e. The predicted molar refractivity (Wildman–Crippen MR) is 138 cm³/mol.